The first kappa shape index (κ1) is 13.7. The van der Waals surface area contributed by atoms with Crippen LogP contribution in [0.3, 0.4) is 0 Å². The zero-order valence-corrected chi connectivity index (χ0v) is 10.5. The highest BCUT2D eigenvalue weighted by Gasteiger charge is 2.03. The van der Waals surface area contributed by atoms with Crippen LogP contribution in [0.4, 0.5) is 0 Å². The van der Waals surface area contributed by atoms with Crippen LogP contribution < -0.4 is 11.1 Å². The van der Waals surface area contributed by atoms with E-state index in [1.54, 1.807) is 0 Å². The molecule has 1 aromatic carbocycles. The highest BCUT2D eigenvalue weighted by molar-refractivity contribution is 5.94. The highest BCUT2D eigenvalue weighted by Crippen LogP contribution is 2.04. The van der Waals surface area contributed by atoms with E-state index >= 15 is 0 Å². The summed E-state index contributed by atoms with van der Waals surface area (Å²) in [5, 5.41) is 2.93. The summed E-state index contributed by atoms with van der Waals surface area (Å²) >= 11 is 0. The Morgan fingerprint density at radius 1 is 1.24 bits per heavy atom. The summed E-state index contributed by atoms with van der Waals surface area (Å²) in [6, 6.07) is 7.65. The maximum absolute atomic E-state index is 11.8. The SMILES string of the molecule is Cc1cccc(C(=O)NCCCCCCN)c1. The number of benzene rings is 1. The Balaban J connectivity index is 2.21. The molecule has 1 amide bonds. The highest BCUT2D eigenvalue weighted by atomic mass is 16.1. The number of nitrogens with two attached hydrogens (primary N) is 1. The zero-order valence-electron chi connectivity index (χ0n) is 10.5. The number of carbonyl (C=O) groups is 1. The van der Waals surface area contributed by atoms with E-state index < -0.39 is 0 Å². The fourth-order valence-electron chi connectivity index (χ4n) is 1.71. The number of nitrogens with one attached hydrogen (secondary N) is 1. The molecule has 0 aliphatic heterocycles. The van der Waals surface area contributed by atoms with Crippen molar-refractivity contribution in [3.63, 3.8) is 0 Å². The summed E-state index contributed by atoms with van der Waals surface area (Å²) in [5.74, 6) is 0.0209. The summed E-state index contributed by atoms with van der Waals surface area (Å²) < 4.78 is 0. The average Bonchev–Trinajstić information content (AvgIpc) is 2.33. The number of amides is 1. The van der Waals surface area contributed by atoms with E-state index in [1.807, 2.05) is 31.2 Å². The maximum atomic E-state index is 11.8. The first-order valence-electron chi connectivity index (χ1n) is 6.29. The largest absolute Gasteiger partial charge is 0.352 e. The predicted octanol–water partition coefficient (Wildman–Crippen LogP) is 2.24. The monoisotopic (exact) mass is 234 g/mol. The van der Waals surface area contributed by atoms with E-state index in [1.165, 1.54) is 0 Å². The minimum Gasteiger partial charge on any atom is -0.352 e. The quantitative estimate of drug-likeness (QED) is 0.711. The number of rotatable bonds is 7. The van der Waals surface area contributed by atoms with E-state index in [4.69, 9.17) is 5.73 Å². The van der Waals surface area contributed by atoms with Crippen LogP contribution in [-0.4, -0.2) is 19.0 Å². The Morgan fingerprint density at radius 2 is 2.00 bits per heavy atom. The van der Waals surface area contributed by atoms with Crippen LogP contribution in [0.2, 0.25) is 0 Å². The molecule has 0 saturated carbocycles. The molecule has 0 unspecified atom stereocenters. The number of unbranched alkanes of at least 4 members (excludes halogenated alkanes) is 3. The molecule has 0 bridgehead atoms. The Bertz CT molecular complexity index is 350. The second-order valence-electron chi connectivity index (χ2n) is 4.33. The molecule has 0 saturated heterocycles. The van der Waals surface area contributed by atoms with Crippen molar-refractivity contribution in [3.05, 3.63) is 35.4 Å². The predicted molar refractivity (Wildman–Crippen MR) is 71.0 cm³/mol. The first-order valence-corrected chi connectivity index (χ1v) is 6.29. The summed E-state index contributed by atoms with van der Waals surface area (Å²) in [6.45, 7) is 3.50. The van der Waals surface area contributed by atoms with Gasteiger partial charge in [0, 0.05) is 12.1 Å². The van der Waals surface area contributed by atoms with E-state index in [9.17, 15) is 4.79 Å². The zero-order chi connectivity index (χ0) is 12.5. The molecule has 17 heavy (non-hydrogen) atoms. The van der Waals surface area contributed by atoms with Gasteiger partial charge in [0.25, 0.3) is 5.91 Å². The van der Waals surface area contributed by atoms with Gasteiger partial charge in [-0.2, -0.15) is 0 Å². The molecule has 0 aliphatic carbocycles. The van der Waals surface area contributed by atoms with Crippen LogP contribution in [0.15, 0.2) is 24.3 Å². The molecular formula is C14H22N2O. The van der Waals surface area contributed by atoms with Gasteiger partial charge in [-0.05, 0) is 38.4 Å². The van der Waals surface area contributed by atoms with E-state index in [0.717, 1.165) is 49.9 Å². The van der Waals surface area contributed by atoms with Gasteiger partial charge in [-0.15, -0.1) is 0 Å². The van der Waals surface area contributed by atoms with Crippen LogP contribution >= 0.6 is 0 Å². The van der Waals surface area contributed by atoms with Crippen molar-refractivity contribution in [2.75, 3.05) is 13.1 Å². The lowest BCUT2D eigenvalue weighted by atomic mass is 10.1. The lowest BCUT2D eigenvalue weighted by Crippen LogP contribution is -2.24. The average molecular weight is 234 g/mol. The summed E-state index contributed by atoms with van der Waals surface area (Å²) in [6.07, 6.45) is 4.38. The fraction of sp³-hybridized carbons (Fsp3) is 0.500. The van der Waals surface area contributed by atoms with E-state index in [-0.39, 0.29) is 5.91 Å². The third-order valence-electron chi connectivity index (χ3n) is 2.70. The van der Waals surface area contributed by atoms with Crippen molar-refractivity contribution < 1.29 is 4.79 Å². The minimum atomic E-state index is 0.0209. The van der Waals surface area contributed by atoms with Crippen LogP contribution in [-0.2, 0) is 0 Å². The second-order valence-corrected chi connectivity index (χ2v) is 4.33. The molecule has 0 spiro atoms. The molecule has 0 heterocycles. The van der Waals surface area contributed by atoms with Gasteiger partial charge < -0.3 is 11.1 Å². The molecular weight excluding hydrogens is 212 g/mol. The molecule has 0 atom stereocenters. The molecule has 0 fully saturated rings. The normalized spacial score (nSPS) is 10.2. The van der Waals surface area contributed by atoms with Crippen molar-refractivity contribution in [2.45, 2.75) is 32.6 Å². The molecule has 0 radical (unpaired) electrons. The van der Waals surface area contributed by atoms with Gasteiger partial charge in [-0.25, -0.2) is 0 Å². The molecule has 3 heteroatoms. The topological polar surface area (TPSA) is 55.1 Å². The maximum Gasteiger partial charge on any atom is 0.251 e. The van der Waals surface area contributed by atoms with Gasteiger partial charge in [-0.1, -0.05) is 30.5 Å². The number of hydrogen-bond acceptors (Lipinski definition) is 2. The lowest BCUT2D eigenvalue weighted by Gasteiger charge is -2.05. The molecule has 1 aromatic rings. The van der Waals surface area contributed by atoms with Gasteiger partial charge in [0.1, 0.15) is 0 Å². The molecule has 94 valence electrons. The summed E-state index contributed by atoms with van der Waals surface area (Å²) in [7, 11) is 0. The summed E-state index contributed by atoms with van der Waals surface area (Å²) in [4.78, 5) is 11.8. The van der Waals surface area contributed by atoms with Crippen LogP contribution in [0.25, 0.3) is 0 Å². The van der Waals surface area contributed by atoms with Crippen LogP contribution in [0.1, 0.15) is 41.6 Å². The van der Waals surface area contributed by atoms with Gasteiger partial charge >= 0.3 is 0 Å². The van der Waals surface area contributed by atoms with Crippen molar-refractivity contribution in [2.24, 2.45) is 5.73 Å². The van der Waals surface area contributed by atoms with Gasteiger partial charge in [0.15, 0.2) is 0 Å². The molecule has 3 nitrogen and oxygen atoms in total. The Labute approximate surface area is 103 Å². The standard InChI is InChI=1S/C14H22N2O/c1-12-7-6-8-13(11-12)14(17)16-10-5-3-2-4-9-15/h6-8,11H,2-5,9-10,15H2,1H3,(H,16,17). The Kier molecular flexibility index (Phi) is 6.33. The van der Waals surface area contributed by atoms with Crippen molar-refractivity contribution in [1.82, 2.24) is 5.32 Å². The fourth-order valence-corrected chi connectivity index (χ4v) is 1.71. The number of hydrogen-bond donors (Lipinski definition) is 2. The Hall–Kier alpha value is -1.35. The third kappa shape index (κ3) is 5.50. The van der Waals surface area contributed by atoms with E-state index in [0.29, 0.717) is 0 Å². The van der Waals surface area contributed by atoms with E-state index in [2.05, 4.69) is 5.32 Å². The van der Waals surface area contributed by atoms with Gasteiger partial charge in [-0.3, -0.25) is 4.79 Å². The molecule has 3 N–H and O–H groups in total. The lowest BCUT2D eigenvalue weighted by molar-refractivity contribution is 0.0953. The van der Waals surface area contributed by atoms with Gasteiger partial charge in [0.2, 0.25) is 0 Å². The van der Waals surface area contributed by atoms with Crippen molar-refractivity contribution in [3.8, 4) is 0 Å². The molecule has 0 aliphatic rings. The van der Waals surface area contributed by atoms with Crippen molar-refractivity contribution >= 4 is 5.91 Å². The second kappa shape index (κ2) is 7.85. The number of aryl methyl sites for hydroxylation is 1. The van der Waals surface area contributed by atoms with Gasteiger partial charge in [0.05, 0.1) is 0 Å². The Morgan fingerprint density at radius 3 is 2.71 bits per heavy atom. The number of carbonyl (C=O) groups excluding carboxylic acids is 1. The molecule has 1 rings (SSSR count). The third-order valence-corrected chi connectivity index (χ3v) is 2.70. The smallest absolute Gasteiger partial charge is 0.251 e. The van der Waals surface area contributed by atoms with Crippen molar-refractivity contribution in [1.29, 1.82) is 0 Å². The van der Waals surface area contributed by atoms with Crippen LogP contribution in [0.5, 0.6) is 0 Å². The minimum absolute atomic E-state index is 0.0209. The summed E-state index contributed by atoms with van der Waals surface area (Å²) in [5.41, 5.74) is 7.27. The van der Waals surface area contributed by atoms with Crippen LogP contribution in [0, 0.1) is 6.92 Å². The molecule has 0 aromatic heterocycles. The first-order chi connectivity index (χ1) is 8.24.